The molecule has 0 spiro atoms. The lowest BCUT2D eigenvalue weighted by molar-refractivity contribution is 0.0783. The van der Waals surface area contributed by atoms with Crippen molar-refractivity contribution in [2.45, 2.75) is 13.5 Å². The average Bonchev–Trinajstić information content (AvgIpc) is 2.66. The number of methoxy groups -OCH3 is 2. The van der Waals surface area contributed by atoms with E-state index in [0.29, 0.717) is 17.8 Å². The van der Waals surface area contributed by atoms with Crippen molar-refractivity contribution < 1.29 is 14.3 Å². The Bertz CT molecular complexity index is 1000. The largest absolute Gasteiger partial charge is 0.497 e. The first-order chi connectivity index (χ1) is 12.9. The van der Waals surface area contributed by atoms with E-state index in [0.717, 1.165) is 32.4 Å². The van der Waals surface area contributed by atoms with Gasteiger partial charge in [-0.1, -0.05) is 15.9 Å². The number of aromatic nitrogens is 1. The van der Waals surface area contributed by atoms with E-state index in [-0.39, 0.29) is 5.91 Å². The van der Waals surface area contributed by atoms with Crippen LogP contribution in [-0.2, 0) is 6.54 Å². The molecular weight excluding hydrogens is 408 g/mol. The molecule has 0 N–H and O–H groups in total. The number of rotatable bonds is 5. The fourth-order valence-electron chi connectivity index (χ4n) is 3.00. The van der Waals surface area contributed by atoms with Crippen molar-refractivity contribution in [2.24, 2.45) is 0 Å². The molecule has 5 nitrogen and oxygen atoms in total. The van der Waals surface area contributed by atoms with Crippen LogP contribution in [0.4, 0.5) is 0 Å². The summed E-state index contributed by atoms with van der Waals surface area (Å²) >= 11 is 3.47. The lowest BCUT2D eigenvalue weighted by Crippen LogP contribution is -2.27. The van der Waals surface area contributed by atoms with Gasteiger partial charge in [-0.3, -0.25) is 9.78 Å². The van der Waals surface area contributed by atoms with Crippen molar-refractivity contribution in [1.82, 2.24) is 9.88 Å². The molecule has 0 unspecified atom stereocenters. The highest BCUT2D eigenvalue weighted by Crippen LogP contribution is 2.26. The van der Waals surface area contributed by atoms with Crippen molar-refractivity contribution in [3.63, 3.8) is 0 Å². The Morgan fingerprint density at radius 3 is 2.59 bits per heavy atom. The minimum absolute atomic E-state index is 0.0910. The second kappa shape index (κ2) is 7.96. The Kier molecular flexibility index (Phi) is 5.65. The summed E-state index contributed by atoms with van der Waals surface area (Å²) in [5.74, 6) is 1.39. The zero-order valence-corrected chi connectivity index (χ0v) is 17.3. The summed E-state index contributed by atoms with van der Waals surface area (Å²) in [5.41, 5.74) is 3.04. The molecule has 6 heteroatoms. The van der Waals surface area contributed by atoms with Crippen molar-refractivity contribution in [3.05, 3.63) is 63.8 Å². The minimum Gasteiger partial charge on any atom is -0.497 e. The number of halogens is 1. The van der Waals surface area contributed by atoms with Gasteiger partial charge in [0.2, 0.25) is 0 Å². The van der Waals surface area contributed by atoms with Crippen LogP contribution in [0.5, 0.6) is 11.5 Å². The van der Waals surface area contributed by atoms with Gasteiger partial charge in [-0.2, -0.15) is 0 Å². The maximum absolute atomic E-state index is 13.1. The highest BCUT2D eigenvalue weighted by molar-refractivity contribution is 9.10. The predicted molar refractivity (Wildman–Crippen MR) is 110 cm³/mol. The van der Waals surface area contributed by atoms with E-state index in [2.05, 4.69) is 20.9 Å². The highest BCUT2D eigenvalue weighted by atomic mass is 79.9. The first-order valence-electron chi connectivity index (χ1n) is 8.46. The molecule has 0 saturated heterocycles. The van der Waals surface area contributed by atoms with Crippen LogP contribution in [0.3, 0.4) is 0 Å². The second-order valence-corrected chi connectivity index (χ2v) is 7.21. The molecule has 0 aliphatic heterocycles. The van der Waals surface area contributed by atoms with Gasteiger partial charge in [0.1, 0.15) is 11.5 Å². The van der Waals surface area contributed by atoms with Crippen LogP contribution in [0, 0.1) is 6.92 Å². The van der Waals surface area contributed by atoms with Gasteiger partial charge in [-0.15, -0.1) is 0 Å². The van der Waals surface area contributed by atoms with Gasteiger partial charge in [-0.05, 0) is 49.4 Å². The van der Waals surface area contributed by atoms with Gasteiger partial charge in [0.15, 0.2) is 0 Å². The van der Waals surface area contributed by atoms with Gasteiger partial charge in [0.05, 0.1) is 31.0 Å². The summed E-state index contributed by atoms with van der Waals surface area (Å²) < 4.78 is 11.6. The second-order valence-electron chi connectivity index (χ2n) is 6.30. The number of benzene rings is 2. The van der Waals surface area contributed by atoms with E-state index in [1.807, 2.05) is 49.4 Å². The standard InChI is InChI=1S/C21H21BrN2O3/c1-13-18(11-14-10-17(26-3)6-7-19(14)23-13)21(25)24(2)12-15-9-16(22)5-8-20(15)27-4/h5-11H,12H2,1-4H3. The van der Waals surface area contributed by atoms with Gasteiger partial charge in [0, 0.05) is 29.0 Å². The lowest BCUT2D eigenvalue weighted by Gasteiger charge is -2.20. The van der Waals surface area contributed by atoms with Crippen molar-refractivity contribution >= 4 is 32.7 Å². The first kappa shape index (κ1) is 19.2. The molecule has 1 aromatic heterocycles. The number of nitrogens with zero attached hydrogens (tertiary/aromatic N) is 2. The average molecular weight is 429 g/mol. The zero-order valence-electron chi connectivity index (χ0n) is 15.7. The minimum atomic E-state index is -0.0910. The molecule has 140 valence electrons. The number of carbonyl (C=O) groups is 1. The Morgan fingerprint density at radius 2 is 1.89 bits per heavy atom. The Labute approximate surface area is 167 Å². The van der Waals surface area contributed by atoms with Crippen LogP contribution in [0.15, 0.2) is 46.9 Å². The molecule has 0 aliphatic carbocycles. The van der Waals surface area contributed by atoms with E-state index in [9.17, 15) is 4.79 Å². The van der Waals surface area contributed by atoms with Crippen molar-refractivity contribution in [1.29, 1.82) is 0 Å². The van der Waals surface area contributed by atoms with Crippen LogP contribution in [0.2, 0.25) is 0 Å². The fourth-order valence-corrected chi connectivity index (χ4v) is 3.41. The van der Waals surface area contributed by atoms with Crippen LogP contribution in [-0.4, -0.2) is 37.1 Å². The smallest absolute Gasteiger partial charge is 0.255 e. The maximum atomic E-state index is 13.1. The van der Waals surface area contributed by atoms with Crippen LogP contribution >= 0.6 is 15.9 Å². The molecule has 27 heavy (non-hydrogen) atoms. The molecule has 3 aromatic rings. The normalized spacial score (nSPS) is 10.7. The molecule has 0 radical (unpaired) electrons. The molecule has 3 rings (SSSR count). The number of fused-ring (bicyclic) bond motifs is 1. The number of ether oxygens (including phenoxy) is 2. The predicted octanol–water partition coefficient (Wildman–Crippen LogP) is 4.60. The third kappa shape index (κ3) is 4.06. The molecule has 1 amide bonds. The summed E-state index contributed by atoms with van der Waals surface area (Å²) in [4.78, 5) is 19.3. The topological polar surface area (TPSA) is 51.7 Å². The summed E-state index contributed by atoms with van der Waals surface area (Å²) in [6, 6.07) is 13.3. The van der Waals surface area contributed by atoms with Gasteiger partial charge < -0.3 is 14.4 Å². The van der Waals surface area contributed by atoms with Crippen LogP contribution in [0.1, 0.15) is 21.6 Å². The van der Waals surface area contributed by atoms with E-state index in [1.165, 1.54) is 0 Å². The third-order valence-corrected chi connectivity index (χ3v) is 4.93. The summed E-state index contributed by atoms with van der Waals surface area (Å²) in [7, 11) is 5.02. The molecule has 0 bridgehead atoms. The molecule has 0 aliphatic rings. The Hall–Kier alpha value is -2.60. The Balaban J connectivity index is 1.92. The number of hydrogen-bond donors (Lipinski definition) is 0. The van der Waals surface area contributed by atoms with E-state index < -0.39 is 0 Å². The summed E-state index contributed by atoms with van der Waals surface area (Å²) in [6.45, 7) is 2.28. The zero-order chi connectivity index (χ0) is 19.6. The highest BCUT2D eigenvalue weighted by Gasteiger charge is 2.18. The van der Waals surface area contributed by atoms with E-state index in [1.54, 1.807) is 26.2 Å². The van der Waals surface area contributed by atoms with Crippen LogP contribution < -0.4 is 9.47 Å². The first-order valence-corrected chi connectivity index (χ1v) is 9.25. The van der Waals surface area contributed by atoms with Crippen LogP contribution in [0.25, 0.3) is 10.9 Å². The van der Waals surface area contributed by atoms with Crippen molar-refractivity contribution in [2.75, 3.05) is 21.3 Å². The number of aryl methyl sites for hydroxylation is 1. The number of hydrogen-bond acceptors (Lipinski definition) is 4. The molecule has 0 saturated carbocycles. The Morgan fingerprint density at radius 1 is 1.11 bits per heavy atom. The van der Waals surface area contributed by atoms with E-state index in [4.69, 9.17) is 9.47 Å². The van der Waals surface area contributed by atoms with Gasteiger partial charge in [-0.25, -0.2) is 0 Å². The fraction of sp³-hybridized carbons (Fsp3) is 0.238. The van der Waals surface area contributed by atoms with Crippen molar-refractivity contribution in [3.8, 4) is 11.5 Å². The SMILES string of the molecule is COc1ccc2nc(C)c(C(=O)N(C)Cc3cc(Br)ccc3OC)cc2c1. The number of carbonyl (C=O) groups excluding carboxylic acids is 1. The summed E-state index contributed by atoms with van der Waals surface area (Å²) in [6.07, 6.45) is 0. The third-order valence-electron chi connectivity index (χ3n) is 4.44. The molecule has 1 heterocycles. The molecule has 2 aromatic carbocycles. The monoisotopic (exact) mass is 428 g/mol. The lowest BCUT2D eigenvalue weighted by atomic mass is 10.1. The van der Waals surface area contributed by atoms with E-state index >= 15 is 0 Å². The molecule has 0 atom stereocenters. The summed E-state index contributed by atoms with van der Waals surface area (Å²) in [5, 5.41) is 0.872. The number of amides is 1. The quantitative estimate of drug-likeness (QED) is 0.595. The molecular formula is C21H21BrN2O3. The van der Waals surface area contributed by atoms with Gasteiger partial charge in [0.25, 0.3) is 5.91 Å². The molecule has 0 fully saturated rings. The number of pyridine rings is 1. The maximum Gasteiger partial charge on any atom is 0.255 e. The van der Waals surface area contributed by atoms with Gasteiger partial charge >= 0.3 is 0 Å².